The quantitative estimate of drug-likeness (QED) is 0.0367. The van der Waals surface area contributed by atoms with Gasteiger partial charge in [0.25, 0.3) is 0 Å². The van der Waals surface area contributed by atoms with Crippen molar-refractivity contribution in [3.05, 3.63) is 48.6 Å². The van der Waals surface area contributed by atoms with E-state index in [9.17, 15) is 20.1 Å². The third-order valence-electron chi connectivity index (χ3n) is 10.8. The maximum atomic E-state index is 12.4. The number of amides is 1. The van der Waals surface area contributed by atoms with Crippen molar-refractivity contribution < 1.29 is 20.1 Å². The predicted octanol–water partition coefficient (Wildman–Crippen LogP) is 14.1. The molecule has 0 heterocycles. The normalized spacial score (nSPS) is 13.9. The van der Waals surface area contributed by atoms with E-state index in [-0.39, 0.29) is 18.9 Å². The fourth-order valence-corrected chi connectivity index (χ4v) is 7.15. The molecule has 0 radical (unpaired) electrons. The zero-order chi connectivity index (χ0) is 40.1. The molecule has 0 aliphatic heterocycles. The van der Waals surface area contributed by atoms with Gasteiger partial charge in [-0.25, -0.2) is 0 Å². The fraction of sp³-hybridized carbons (Fsp3) is 0.820. The monoisotopic (exact) mass is 772 g/mol. The minimum Gasteiger partial charge on any atom is -0.394 e. The Morgan fingerprint density at radius 3 is 1.31 bits per heavy atom. The third-order valence-corrected chi connectivity index (χ3v) is 10.8. The van der Waals surface area contributed by atoms with Crippen molar-refractivity contribution >= 4 is 5.91 Å². The predicted molar refractivity (Wildman–Crippen MR) is 241 cm³/mol. The van der Waals surface area contributed by atoms with Gasteiger partial charge < -0.3 is 20.6 Å². The zero-order valence-corrected chi connectivity index (χ0v) is 36.6. The van der Waals surface area contributed by atoms with E-state index in [1.165, 1.54) is 173 Å². The van der Waals surface area contributed by atoms with E-state index >= 15 is 0 Å². The lowest BCUT2D eigenvalue weighted by molar-refractivity contribution is -0.124. The Labute approximate surface area is 342 Å². The van der Waals surface area contributed by atoms with Gasteiger partial charge in [-0.3, -0.25) is 4.79 Å². The van der Waals surface area contributed by atoms with Gasteiger partial charge in [0.15, 0.2) is 0 Å². The summed E-state index contributed by atoms with van der Waals surface area (Å²) in [6.07, 6.45) is 58.7. The summed E-state index contributed by atoms with van der Waals surface area (Å²) in [5.41, 5.74) is 0. The molecule has 0 aromatic rings. The summed E-state index contributed by atoms with van der Waals surface area (Å²) in [5.74, 6) is -0.328. The molecule has 0 bridgehead atoms. The molecule has 5 nitrogen and oxygen atoms in total. The molecule has 0 aliphatic rings. The van der Waals surface area contributed by atoms with Crippen LogP contribution in [0.5, 0.6) is 0 Å². The average Bonchev–Trinajstić information content (AvgIpc) is 3.18. The van der Waals surface area contributed by atoms with Crippen molar-refractivity contribution in [1.82, 2.24) is 5.32 Å². The summed E-state index contributed by atoms with van der Waals surface area (Å²) < 4.78 is 0. The molecule has 0 aromatic carbocycles. The molecule has 0 spiro atoms. The molecule has 0 fully saturated rings. The van der Waals surface area contributed by atoms with Crippen LogP contribution in [-0.2, 0) is 4.79 Å². The van der Waals surface area contributed by atoms with Gasteiger partial charge in [-0.05, 0) is 64.2 Å². The number of aliphatic hydroxyl groups excluding tert-OH is 3. The van der Waals surface area contributed by atoms with Crippen LogP contribution in [0.15, 0.2) is 48.6 Å². The number of carbonyl (C=O) groups excluding carboxylic acids is 1. The molecule has 0 saturated carbocycles. The van der Waals surface area contributed by atoms with Crippen LogP contribution in [0.4, 0.5) is 0 Å². The van der Waals surface area contributed by atoms with E-state index in [1.807, 2.05) is 6.08 Å². The van der Waals surface area contributed by atoms with E-state index in [4.69, 9.17) is 0 Å². The summed E-state index contributed by atoms with van der Waals surface area (Å²) in [4.78, 5) is 12.4. The minimum absolute atomic E-state index is 0.00508. The lowest BCUT2D eigenvalue weighted by atomic mass is 10.0. The fourth-order valence-electron chi connectivity index (χ4n) is 7.15. The Balaban J connectivity index is 3.52. The van der Waals surface area contributed by atoms with Crippen LogP contribution >= 0.6 is 0 Å². The van der Waals surface area contributed by atoms with Crippen molar-refractivity contribution in [2.45, 2.75) is 257 Å². The Kier molecular flexibility index (Phi) is 43.6. The summed E-state index contributed by atoms with van der Waals surface area (Å²) in [7, 11) is 0. The Morgan fingerprint density at radius 1 is 0.473 bits per heavy atom. The smallest absolute Gasteiger partial charge is 0.222 e. The van der Waals surface area contributed by atoms with Crippen LogP contribution < -0.4 is 5.32 Å². The number of rotatable bonds is 43. The molecule has 0 aromatic heterocycles. The summed E-state index contributed by atoms with van der Waals surface area (Å²) in [6, 6.07) is -0.759. The second kappa shape index (κ2) is 45.0. The molecule has 0 saturated heterocycles. The Morgan fingerprint density at radius 2 is 0.836 bits per heavy atom. The number of hydrogen-bond donors (Lipinski definition) is 4. The van der Waals surface area contributed by atoms with E-state index in [0.29, 0.717) is 6.42 Å². The molecule has 4 N–H and O–H groups in total. The first-order valence-electron chi connectivity index (χ1n) is 23.9. The standard InChI is InChI=1S/C50H93NO4/c1-3-5-7-9-11-13-14-15-16-17-18-19-20-21-22-23-24-25-26-27-28-29-30-31-32-33-34-36-37-39-41-43-47(53)45-50(55)51-48(46-52)49(54)44-42-40-38-35-12-10-8-6-4-2/h12,18-19,21-22,35,42,44,47-49,52-54H,3-11,13-17,20,23-34,36-41,43,45-46H2,1-2H3,(H,51,55)/b19-18-,22-21-,35-12+,44-42+. The van der Waals surface area contributed by atoms with Crippen LogP contribution in [0.25, 0.3) is 0 Å². The molecular formula is C50H93NO4. The molecule has 0 rings (SSSR count). The number of aliphatic hydroxyl groups is 3. The van der Waals surface area contributed by atoms with Gasteiger partial charge in [-0.2, -0.15) is 0 Å². The van der Waals surface area contributed by atoms with Crippen molar-refractivity contribution in [2.24, 2.45) is 0 Å². The van der Waals surface area contributed by atoms with E-state index in [2.05, 4.69) is 55.6 Å². The summed E-state index contributed by atoms with van der Waals surface area (Å²) in [5, 5.41) is 33.1. The Bertz CT molecular complexity index is 896. The van der Waals surface area contributed by atoms with Gasteiger partial charge >= 0.3 is 0 Å². The first kappa shape index (κ1) is 53.3. The number of nitrogens with one attached hydrogen (secondary N) is 1. The highest BCUT2D eigenvalue weighted by molar-refractivity contribution is 5.76. The van der Waals surface area contributed by atoms with Gasteiger partial charge in [0.2, 0.25) is 5.91 Å². The summed E-state index contributed by atoms with van der Waals surface area (Å²) >= 11 is 0. The largest absolute Gasteiger partial charge is 0.394 e. The number of hydrogen-bond acceptors (Lipinski definition) is 4. The van der Waals surface area contributed by atoms with Crippen molar-refractivity contribution in [3.63, 3.8) is 0 Å². The van der Waals surface area contributed by atoms with Gasteiger partial charge in [0.1, 0.15) is 0 Å². The van der Waals surface area contributed by atoms with Gasteiger partial charge in [-0.1, -0.05) is 217 Å². The van der Waals surface area contributed by atoms with Crippen molar-refractivity contribution in [2.75, 3.05) is 6.61 Å². The highest BCUT2D eigenvalue weighted by Crippen LogP contribution is 2.16. The lowest BCUT2D eigenvalue weighted by Crippen LogP contribution is -2.45. The van der Waals surface area contributed by atoms with Crippen LogP contribution in [-0.4, -0.2) is 46.1 Å². The molecule has 3 unspecified atom stereocenters. The number of allylic oxidation sites excluding steroid dienone is 7. The third kappa shape index (κ3) is 41.8. The number of unbranched alkanes of at least 4 members (excludes halogenated alkanes) is 28. The first-order chi connectivity index (χ1) is 27.0. The topological polar surface area (TPSA) is 89.8 Å². The second-order valence-corrected chi connectivity index (χ2v) is 16.4. The van der Waals surface area contributed by atoms with E-state index in [1.54, 1.807) is 6.08 Å². The molecule has 5 heteroatoms. The first-order valence-corrected chi connectivity index (χ1v) is 23.9. The van der Waals surface area contributed by atoms with Crippen LogP contribution in [0.2, 0.25) is 0 Å². The van der Waals surface area contributed by atoms with Gasteiger partial charge in [-0.15, -0.1) is 0 Å². The van der Waals surface area contributed by atoms with Crippen molar-refractivity contribution in [1.29, 1.82) is 0 Å². The maximum Gasteiger partial charge on any atom is 0.222 e. The SMILES string of the molecule is CCCCC/C=C/CC/C=C/C(O)C(CO)NC(=O)CC(O)CCCCCCCCCCCCCCCCC/C=C\C/C=C\CCCCCCCCCCC. The molecule has 55 heavy (non-hydrogen) atoms. The molecule has 0 aliphatic carbocycles. The second-order valence-electron chi connectivity index (χ2n) is 16.4. The minimum atomic E-state index is -0.950. The highest BCUT2D eigenvalue weighted by atomic mass is 16.3. The maximum absolute atomic E-state index is 12.4. The molecule has 3 atom stereocenters. The summed E-state index contributed by atoms with van der Waals surface area (Å²) in [6.45, 7) is 4.15. The zero-order valence-electron chi connectivity index (χ0n) is 36.6. The van der Waals surface area contributed by atoms with Gasteiger partial charge in [0, 0.05) is 0 Å². The average molecular weight is 772 g/mol. The van der Waals surface area contributed by atoms with Crippen LogP contribution in [0.3, 0.4) is 0 Å². The van der Waals surface area contributed by atoms with Crippen LogP contribution in [0.1, 0.15) is 239 Å². The van der Waals surface area contributed by atoms with Gasteiger partial charge in [0.05, 0.1) is 31.3 Å². The van der Waals surface area contributed by atoms with E-state index < -0.39 is 18.2 Å². The highest BCUT2D eigenvalue weighted by Gasteiger charge is 2.20. The Hall–Kier alpha value is -1.69. The lowest BCUT2D eigenvalue weighted by Gasteiger charge is -2.21. The molecule has 1 amide bonds. The van der Waals surface area contributed by atoms with Crippen LogP contribution in [0, 0.1) is 0 Å². The molecular weight excluding hydrogens is 679 g/mol. The van der Waals surface area contributed by atoms with E-state index in [0.717, 1.165) is 38.5 Å². The molecule has 322 valence electrons. The van der Waals surface area contributed by atoms with Crippen molar-refractivity contribution in [3.8, 4) is 0 Å². The number of carbonyl (C=O) groups is 1.